The van der Waals surface area contributed by atoms with Crippen LogP contribution in [0.1, 0.15) is 5.56 Å². The van der Waals surface area contributed by atoms with Crippen LogP contribution in [0.5, 0.6) is 0 Å². The SMILES string of the molecule is C=C[c-]1cccc1.[Fe].c1cc[cH-]c1. The van der Waals surface area contributed by atoms with Gasteiger partial charge in [-0.3, -0.25) is 0 Å². The summed E-state index contributed by atoms with van der Waals surface area (Å²) in [7, 11) is 0. The maximum atomic E-state index is 3.60. The average Bonchev–Trinajstić information content (AvgIpc) is 2.81. The van der Waals surface area contributed by atoms with E-state index in [-0.39, 0.29) is 17.1 Å². The van der Waals surface area contributed by atoms with E-state index in [1.54, 1.807) is 0 Å². The van der Waals surface area contributed by atoms with Crippen LogP contribution in [-0.4, -0.2) is 0 Å². The summed E-state index contributed by atoms with van der Waals surface area (Å²) < 4.78 is 0. The quantitative estimate of drug-likeness (QED) is 0.501. The summed E-state index contributed by atoms with van der Waals surface area (Å²) >= 11 is 0. The molecule has 0 aliphatic heterocycles. The van der Waals surface area contributed by atoms with Crippen molar-refractivity contribution in [3.8, 4) is 0 Å². The van der Waals surface area contributed by atoms with E-state index in [0.29, 0.717) is 0 Å². The Hall–Kier alpha value is -1.04. The molecule has 2 rings (SSSR count). The molecule has 2 aromatic rings. The van der Waals surface area contributed by atoms with Gasteiger partial charge in [-0.1, -0.05) is 0 Å². The Morgan fingerprint density at radius 3 is 1.77 bits per heavy atom. The van der Waals surface area contributed by atoms with Gasteiger partial charge in [-0.05, 0) is 0 Å². The average molecular weight is 212 g/mol. The molecule has 0 nitrogen and oxygen atoms in total. The molecule has 0 aromatic heterocycles. The van der Waals surface area contributed by atoms with Crippen LogP contribution in [0, 0.1) is 0 Å². The minimum Gasteiger partial charge on any atom is -0.214 e. The third kappa shape index (κ3) is 5.24. The molecule has 0 amide bonds. The predicted molar refractivity (Wildman–Crippen MR) is 54.2 cm³/mol. The van der Waals surface area contributed by atoms with Gasteiger partial charge in [0.2, 0.25) is 0 Å². The topological polar surface area (TPSA) is 0 Å². The molecule has 0 N–H and O–H groups in total. The Bertz CT molecular complexity index is 260. The van der Waals surface area contributed by atoms with Crippen molar-refractivity contribution in [1.82, 2.24) is 0 Å². The van der Waals surface area contributed by atoms with Crippen LogP contribution in [0.2, 0.25) is 0 Å². The van der Waals surface area contributed by atoms with Crippen LogP contribution < -0.4 is 0 Å². The zero-order chi connectivity index (χ0) is 8.65. The summed E-state index contributed by atoms with van der Waals surface area (Å²) in [4.78, 5) is 0. The first-order chi connectivity index (χ1) is 5.93. The van der Waals surface area contributed by atoms with Crippen LogP contribution in [0.4, 0.5) is 0 Å². The summed E-state index contributed by atoms with van der Waals surface area (Å²) in [6, 6.07) is 18.0. The Kier molecular flexibility index (Phi) is 6.99. The van der Waals surface area contributed by atoms with Gasteiger partial charge in [-0.2, -0.15) is 36.9 Å². The van der Waals surface area contributed by atoms with Crippen LogP contribution in [0.25, 0.3) is 6.08 Å². The summed E-state index contributed by atoms with van der Waals surface area (Å²) in [5.74, 6) is 0. The molecule has 2 aromatic carbocycles. The molecule has 0 aliphatic rings. The molecule has 0 saturated heterocycles. The first-order valence-electron chi connectivity index (χ1n) is 3.94. The number of rotatable bonds is 1. The van der Waals surface area contributed by atoms with E-state index in [1.165, 1.54) is 5.56 Å². The van der Waals surface area contributed by atoms with Gasteiger partial charge in [0.25, 0.3) is 0 Å². The molecular weight excluding hydrogens is 200 g/mol. The molecular formula is C12H12Fe-2. The van der Waals surface area contributed by atoms with Crippen molar-refractivity contribution in [2.75, 3.05) is 0 Å². The van der Waals surface area contributed by atoms with E-state index < -0.39 is 0 Å². The van der Waals surface area contributed by atoms with E-state index in [2.05, 4.69) is 6.58 Å². The number of hydrogen-bond acceptors (Lipinski definition) is 0. The molecule has 0 unspecified atom stereocenters. The normalized spacial score (nSPS) is 7.69. The molecule has 0 aliphatic carbocycles. The minimum atomic E-state index is 0. The second kappa shape index (κ2) is 7.60. The van der Waals surface area contributed by atoms with Crippen LogP contribution in [0.3, 0.4) is 0 Å². The first-order valence-corrected chi connectivity index (χ1v) is 3.94. The fraction of sp³-hybridized carbons (Fsp3) is 0. The van der Waals surface area contributed by atoms with Crippen molar-refractivity contribution in [3.05, 3.63) is 66.7 Å². The smallest absolute Gasteiger partial charge is 0 e. The van der Waals surface area contributed by atoms with Gasteiger partial charge in [-0.15, -0.1) is 23.8 Å². The van der Waals surface area contributed by atoms with Crippen LogP contribution in [0.15, 0.2) is 61.2 Å². The fourth-order valence-electron chi connectivity index (χ4n) is 0.846. The van der Waals surface area contributed by atoms with Crippen molar-refractivity contribution < 1.29 is 17.1 Å². The van der Waals surface area contributed by atoms with E-state index in [0.717, 1.165) is 0 Å². The van der Waals surface area contributed by atoms with Crippen molar-refractivity contribution in [1.29, 1.82) is 0 Å². The van der Waals surface area contributed by atoms with Crippen LogP contribution >= 0.6 is 0 Å². The van der Waals surface area contributed by atoms with Crippen molar-refractivity contribution in [3.63, 3.8) is 0 Å². The summed E-state index contributed by atoms with van der Waals surface area (Å²) in [5, 5.41) is 0. The minimum absolute atomic E-state index is 0. The maximum absolute atomic E-state index is 3.60. The fourth-order valence-corrected chi connectivity index (χ4v) is 0.846. The molecule has 0 bridgehead atoms. The standard InChI is InChI=1S/C7H7.C5H5.Fe/c1-2-7-5-3-4-6-7;1-2-4-5-3-1;/h2-6H,1H2;1-5H;/q2*-1;. The van der Waals surface area contributed by atoms with E-state index in [1.807, 2.05) is 60.7 Å². The monoisotopic (exact) mass is 212 g/mol. The first kappa shape index (κ1) is 12.0. The zero-order valence-corrected chi connectivity index (χ0v) is 8.44. The Labute approximate surface area is 90.1 Å². The van der Waals surface area contributed by atoms with Gasteiger partial charge < -0.3 is 0 Å². The van der Waals surface area contributed by atoms with Crippen LogP contribution in [-0.2, 0) is 17.1 Å². The number of hydrogen-bond donors (Lipinski definition) is 0. The van der Waals surface area contributed by atoms with Gasteiger partial charge in [-0.25, -0.2) is 12.1 Å². The Balaban J connectivity index is 0.000000215. The molecule has 0 heterocycles. The van der Waals surface area contributed by atoms with Crippen molar-refractivity contribution >= 4 is 6.08 Å². The molecule has 0 radical (unpaired) electrons. The van der Waals surface area contributed by atoms with Gasteiger partial charge >= 0.3 is 0 Å². The second-order valence-electron chi connectivity index (χ2n) is 2.38. The molecule has 1 heteroatoms. The molecule has 70 valence electrons. The predicted octanol–water partition coefficient (Wildman–Crippen LogP) is 3.45. The summed E-state index contributed by atoms with van der Waals surface area (Å²) in [5.41, 5.74) is 1.19. The molecule has 0 atom stereocenters. The molecule has 0 saturated carbocycles. The largest absolute Gasteiger partial charge is 0.214 e. The van der Waals surface area contributed by atoms with E-state index >= 15 is 0 Å². The van der Waals surface area contributed by atoms with Crippen molar-refractivity contribution in [2.24, 2.45) is 0 Å². The molecule has 0 fully saturated rings. The maximum Gasteiger partial charge on any atom is 0 e. The van der Waals surface area contributed by atoms with E-state index in [4.69, 9.17) is 0 Å². The third-order valence-corrected chi connectivity index (χ3v) is 1.48. The second-order valence-corrected chi connectivity index (χ2v) is 2.38. The third-order valence-electron chi connectivity index (χ3n) is 1.48. The molecule has 13 heavy (non-hydrogen) atoms. The Morgan fingerprint density at radius 1 is 1.00 bits per heavy atom. The summed E-state index contributed by atoms with van der Waals surface area (Å²) in [6.07, 6.45) is 1.83. The van der Waals surface area contributed by atoms with E-state index in [9.17, 15) is 0 Å². The van der Waals surface area contributed by atoms with Gasteiger partial charge in [0.15, 0.2) is 0 Å². The van der Waals surface area contributed by atoms with Gasteiger partial charge in [0.05, 0.1) is 0 Å². The van der Waals surface area contributed by atoms with Crippen molar-refractivity contribution in [2.45, 2.75) is 0 Å². The van der Waals surface area contributed by atoms with Gasteiger partial charge in [0.1, 0.15) is 0 Å². The molecule has 0 spiro atoms. The Morgan fingerprint density at radius 2 is 1.54 bits per heavy atom. The summed E-state index contributed by atoms with van der Waals surface area (Å²) in [6.45, 7) is 3.60. The van der Waals surface area contributed by atoms with Gasteiger partial charge in [0, 0.05) is 17.1 Å². The zero-order valence-electron chi connectivity index (χ0n) is 7.33.